The lowest BCUT2D eigenvalue weighted by Gasteiger charge is -2.35. The number of nitrogens with two attached hydrogens (primary N) is 1. The second kappa shape index (κ2) is 13.6. The summed E-state index contributed by atoms with van der Waals surface area (Å²) in [5, 5.41) is 11.1. The number of aryl methyl sites for hydroxylation is 1. The standard InChI is InChI=1S/C41H44F3N9O2S/c1-5-51(31-11-14-52(23(31)4)40(54)53-20-47-21(2)22(53)3)38-28-15-27(24-7-8-24)32(26-9-10-30(43)36-33(26)29(17-45)37(46)56-36)34(44)35(28)48-39(49-38)55-19-41-12-6-13-50(41)18-25(42)16-41/h9-10,15,20,23-25,31H,5-8,11-14,16,18-19,46H2,1-4H3/t23-,25-,31-,41+/m1/s1. The molecule has 5 aromatic rings. The molecule has 6 heterocycles. The van der Waals surface area contributed by atoms with Crippen LogP contribution in [0, 0.1) is 36.8 Å². The first-order valence-electron chi connectivity index (χ1n) is 19.5. The van der Waals surface area contributed by atoms with E-state index in [-0.39, 0.29) is 68.4 Å². The minimum atomic E-state index is -0.954. The normalized spacial score (nSPS) is 23.7. The van der Waals surface area contributed by atoms with Gasteiger partial charge in [0.2, 0.25) is 0 Å². The van der Waals surface area contributed by atoms with Crippen molar-refractivity contribution in [3.05, 3.63) is 58.7 Å². The molecular weight excluding hydrogens is 740 g/mol. The van der Waals surface area contributed by atoms with Gasteiger partial charge >= 0.3 is 12.0 Å². The van der Waals surface area contributed by atoms with Crippen LogP contribution in [0.1, 0.15) is 80.8 Å². The molecule has 292 valence electrons. The maximum atomic E-state index is 17.8. The van der Waals surface area contributed by atoms with Crippen molar-refractivity contribution in [2.45, 2.75) is 95.9 Å². The van der Waals surface area contributed by atoms with Gasteiger partial charge in [0.25, 0.3) is 0 Å². The summed E-state index contributed by atoms with van der Waals surface area (Å²) in [6.45, 7) is 10.1. The Morgan fingerprint density at radius 3 is 2.71 bits per heavy atom. The van der Waals surface area contributed by atoms with Crippen LogP contribution in [0.2, 0.25) is 0 Å². The molecule has 4 aliphatic rings. The number of alkyl halides is 1. The number of carbonyl (C=O) groups excluding carboxylic acids is 1. The van der Waals surface area contributed by atoms with Gasteiger partial charge in [-0.3, -0.25) is 9.47 Å². The number of imidazole rings is 1. The predicted octanol–water partition coefficient (Wildman–Crippen LogP) is 7.85. The molecule has 0 spiro atoms. The molecule has 1 amide bonds. The van der Waals surface area contributed by atoms with E-state index in [1.165, 1.54) is 12.1 Å². The van der Waals surface area contributed by atoms with Crippen molar-refractivity contribution in [1.82, 2.24) is 29.3 Å². The van der Waals surface area contributed by atoms with E-state index in [1.807, 2.05) is 38.7 Å². The molecule has 56 heavy (non-hydrogen) atoms. The molecule has 2 aromatic carbocycles. The van der Waals surface area contributed by atoms with E-state index in [2.05, 4.69) is 20.9 Å². The predicted molar refractivity (Wildman–Crippen MR) is 210 cm³/mol. The van der Waals surface area contributed by atoms with Gasteiger partial charge in [-0.05, 0) is 95.5 Å². The quantitative estimate of drug-likeness (QED) is 0.167. The van der Waals surface area contributed by atoms with Crippen LogP contribution in [-0.2, 0) is 0 Å². The fraction of sp³-hybridized carbons (Fsp3) is 0.488. The third-order valence-corrected chi connectivity index (χ3v) is 13.8. The van der Waals surface area contributed by atoms with Crippen molar-refractivity contribution in [2.24, 2.45) is 0 Å². The third-order valence-electron chi connectivity index (χ3n) is 12.8. The minimum Gasteiger partial charge on any atom is -0.461 e. The molecule has 0 unspecified atom stereocenters. The van der Waals surface area contributed by atoms with Crippen LogP contribution >= 0.6 is 11.3 Å². The van der Waals surface area contributed by atoms with Crippen molar-refractivity contribution in [2.75, 3.05) is 43.4 Å². The summed E-state index contributed by atoms with van der Waals surface area (Å²) in [5.74, 6) is -0.636. The van der Waals surface area contributed by atoms with E-state index in [0.717, 1.165) is 60.5 Å². The number of likely N-dealkylation sites (N-methyl/N-ethyl adjacent to an activating group) is 1. The van der Waals surface area contributed by atoms with Crippen LogP contribution < -0.4 is 15.4 Å². The Labute approximate surface area is 326 Å². The number of fused-ring (bicyclic) bond motifs is 3. The number of benzene rings is 2. The zero-order valence-electron chi connectivity index (χ0n) is 31.9. The van der Waals surface area contributed by atoms with Gasteiger partial charge in [0.05, 0.1) is 33.6 Å². The van der Waals surface area contributed by atoms with E-state index in [0.29, 0.717) is 49.2 Å². The number of halogens is 3. The highest BCUT2D eigenvalue weighted by Crippen LogP contribution is 2.51. The van der Waals surface area contributed by atoms with Crippen LogP contribution in [0.3, 0.4) is 0 Å². The molecule has 4 atom stereocenters. The Bertz CT molecular complexity index is 2460. The Balaban J connectivity index is 1.20. The summed E-state index contributed by atoms with van der Waals surface area (Å²) >= 11 is 0.974. The Morgan fingerprint density at radius 1 is 1.20 bits per heavy atom. The zero-order chi connectivity index (χ0) is 39.2. The summed E-state index contributed by atoms with van der Waals surface area (Å²) in [4.78, 5) is 34.1. The van der Waals surface area contributed by atoms with E-state index in [9.17, 15) is 14.4 Å². The number of carbonyl (C=O) groups is 1. The third kappa shape index (κ3) is 5.69. The van der Waals surface area contributed by atoms with E-state index >= 15 is 8.78 Å². The molecule has 1 saturated carbocycles. The number of nitriles is 1. The molecule has 11 nitrogen and oxygen atoms in total. The second-order valence-corrected chi connectivity index (χ2v) is 17.0. The topological polar surface area (TPSA) is 129 Å². The second-order valence-electron chi connectivity index (χ2n) is 15.9. The van der Waals surface area contributed by atoms with Crippen molar-refractivity contribution >= 4 is 49.2 Å². The fourth-order valence-corrected chi connectivity index (χ4v) is 10.6. The average molecular weight is 784 g/mol. The number of hydrogen-bond acceptors (Lipinski definition) is 10. The number of nitrogens with zero attached hydrogens (tertiary/aromatic N) is 8. The largest absolute Gasteiger partial charge is 0.461 e. The fourth-order valence-electron chi connectivity index (χ4n) is 9.62. The molecule has 0 radical (unpaired) electrons. The first kappa shape index (κ1) is 36.7. The molecule has 2 N–H and O–H groups in total. The van der Waals surface area contributed by atoms with Gasteiger partial charge in [-0.2, -0.15) is 15.2 Å². The molecule has 15 heteroatoms. The summed E-state index contributed by atoms with van der Waals surface area (Å²) in [6.07, 6.45) is 4.99. The number of amides is 1. The van der Waals surface area contributed by atoms with Gasteiger partial charge in [0.15, 0.2) is 5.82 Å². The Kier molecular flexibility index (Phi) is 8.92. The van der Waals surface area contributed by atoms with Gasteiger partial charge in [-0.15, -0.1) is 11.3 Å². The van der Waals surface area contributed by atoms with Gasteiger partial charge in [-0.25, -0.2) is 22.9 Å². The van der Waals surface area contributed by atoms with Crippen molar-refractivity contribution in [3.8, 4) is 23.2 Å². The molecule has 9 rings (SSSR count). The van der Waals surface area contributed by atoms with Crippen molar-refractivity contribution < 1.29 is 22.7 Å². The number of rotatable bonds is 8. The van der Waals surface area contributed by atoms with Gasteiger partial charge in [0.1, 0.15) is 47.3 Å². The minimum absolute atomic E-state index is 0.0247. The summed E-state index contributed by atoms with van der Waals surface area (Å²) in [5.41, 5.74) is 8.81. The Hall–Kier alpha value is -4.94. The van der Waals surface area contributed by atoms with Gasteiger partial charge in [-0.1, -0.05) is 6.07 Å². The Morgan fingerprint density at radius 2 is 2.00 bits per heavy atom. The van der Waals surface area contributed by atoms with E-state index in [1.54, 1.807) is 10.9 Å². The molecule has 0 bridgehead atoms. The highest BCUT2D eigenvalue weighted by atomic mass is 32.1. The van der Waals surface area contributed by atoms with Crippen LogP contribution in [-0.4, -0.2) is 91.9 Å². The number of anilines is 2. The van der Waals surface area contributed by atoms with E-state index in [4.69, 9.17) is 20.4 Å². The molecule has 3 aromatic heterocycles. The maximum absolute atomic E-state index is 17.8. The van der Waals surface area contributed by atoms with Crippen molar-refractivity contribution in [3.63, 3.8) is 0 Å². The van der Waals surface area contributed by atoms with Crippen molar-refractivity contribution in [1.29, 1.82) is 5.26 Å². The average Bonchev–Trinajstić information content (AvgIpc) is 3.34. The lowest BCUT2D eigenvalue weighted by atomic mass is 9.90. The number of nitrogen functional groups attached to an aromatic ring is 1. The van der Waals surface area contributed by atoms with Gasteiger partial charge < -0.3 is 20.3 Å². The first-order valence-corrected chi connectivity index (χ1v) is 20.3. The number of ether oxygens (including phenoxy) is 1. The highest BCUT2D eigenvalue weighted by molar-refractivity contribution is 7.23. The number of aromatic nitrogens is 4. The highest BCUT2D eigenvalue weighted by Gasteiger charge is 2.49. The molecule has 3 aliphatic heterocycles. The number of likely N-dealkylation sites (tertiary alicyclic amines) is 1. The molecule has 3 saturated heterocycles. The number of thiophene rings is 1. The monoisotopic (exact) mass is 783 g/mol. The lowest BCUT2D eigenvalue weighted by Crippen LogP contribution is -2.47. The zero-order valence-corrected chi connectivity index (χ0v) is 32.7. The van der Waals surface area contributed by atoms with Crippen LogP contribution in [0.5, 0.6) is 6.01 Å². The number of hydrogen-bond donors (Lipinski definition) is 1. The van der Waals surface area contributed by atoms with Crippen LogP contribution in [0.15, 0.2) is 24.5 Å². The van der Waals surface area contributed by atoms with E-state index < -0.39 is 23.3 Å². The maximum Gasteiger partial charge on any atom is 0.329 e. The lowest BCUT2D eigenvalue weighted by molar-refractivity contribution is 0.107. The SMILES string of the molecule is CCN(c1nc(OC[C@@]23CCCN2C[C@H](F)C3)nc2c(F)c(-c3ccc(F)c4sc(N)c(C#N)c34)c(C3CC3)cc12)[C@@H]1CCN(C(=O)n2cnc(C)c2C)[C@@H]1C. The first-order chi connectivity index (χ1) is 26.9. The molecule has 4 fully saturated rings. The smallest absolute Gasteiger partial charge is 0.329 e. The summed E-state index contributed by atoms with van der Waals surface area (Å²) in [6, 6.07) is 6.29. The summed E-state index contributed by atoms with van der Waals surface area (Å²) < 4.78 is 55.9. The molecule has 1 aliphatic carbocycles. The van der Waals surface area contributed by atoms with Crippen LogP contribution in [0.25, 0.3) is 32.1 Å². The summed E-state index contributed by atoms with van der Waals surface area (Å²) in [7, 11) is 0. The van der Waals surface area contributed by atoms with Crippen LogP contribution in [0.4, 0.5) is 28.8 Å². The molecular formula is C41H44F3N9O2S. The van der Waals surface area contributed by atoms with Gasteiger partial charge in [0, 0.05) is 48.1 Å².